The molecule has 0 unspecified atom stereocenters. The Morgan fingerprint density at radius 3 is 2.37 bits per heavy atom. The Balaban J connectivity index is 1.29. The zero-order valence-electron chi connectivity index (χ0n) is 20.4. The lowest BCUT2D eigenvalue weighted by atomic mass is 10.1. The summed E-state index contributed by atoms with van der Waals surface area (Å²) < 4.78 is 38.2. The van der Waals surface area contributed by atoms with Gasteiger partial charge in [0.2, 0.25) is 15.9 Å². The first-order valence-corrected chi connectivity index (χ1v) is 13.7. The molecule has 1 amide bonds. The van der Waals surface area contributed by atoms with Crippen molar-refractivity contribution in [2.45, 2.75) is 43.7 Å². The van der Waals surface area contributed by atoms with E-state index in [2.05, 4.69) is 22.3 Å². The van der Waals surface area contributed by atoms with Crippen molar-refractivity contribution in [2.24, 2.45) is 0 Å². The first-order chi connectivity index (χ1) is 17.0. The molecule has 0 saturated carbocycles. The molecule has 0 spiro atoms. The number of hydrogen-bond donors (Lipinski definition) is 1. The molecule has 4 rings (SSSR count). The smallest absolute Gasteiger partial charge is 0.243 e. The third-order valence-corrected chi connectivity index (χ3v) is 8.49. The molecule has 0 radical (unpaired) electrons. The van der Waals surface area contributed by atoms with Crippen LogP contribution in [0.15, 0.2) is 47.4 Å². The van der Waals surface area contributed by atoms with Crippen LogP contribution >= 0.6 is 0 Å². The van der Waals surface area contributed by atoms with Crippen molar-refractivity contribution < 1.29 is 22.7 Å². The summed E-state index contributed by atoms with van der Waals surface area (Å²) in [5, 5.41) is 2.96. The van der Waals surface area contributed by atoms with E-state index >= 15 is 0 Å². The van der Waals surface area contributed by atoms with E-state index in [1.165, 1.54) is 9.87 Å². The van der Waals surface area contributed by atoms with E-state index in [-0.39, 0.29) is 17.2 Å². The number of morpholine rings is 1. The fourth-order valence-electron chi connectivity index (χ4n) is 4.51. The van der Waals surface area contributed by atoms with Crippen molar-refractivity contribution in [2.75, 3.05) is 46.5 Å². The van der Waals surface area contributed by atoms with Gasteiger partial charge in [0.05, 0.1) is 25.2 Å². The maximum atomic E-state index is 12.9. The van der Waals surface area contributed by atoms with Gasteiger partial charge in [0, 0.05) is 45.7 Å². The molecule has 35 heavy (non-hydrogen) atoms. The predicted molar refractivity (Wildman–Crippen MR) is 134 cm³/mol. The Morgan fingerprint density at radius 1 is 1.00 bits per heavy atom. The zero-order valence-corrected chi connectivity index (χ0v) is 21.2. The maximum absolute atomic E-state index is 12.9. The highest BCUT2D eigenvalue weighted by atomic mass is 32.2. The highest BCUT2D eigenvalue weighted by molar-refractivity contribution is 7.89. The van der Waals surface area contributed by atoms with Crippen molar-refractivity contribution >= 4 is 15.9 Å². The minimum Gasteiger partial charge on any atom is -0.496 e. The van der Waals surface area contributed by atoms with Crippen LogP contribution in [0.5, 0.6) is 5.75 Å². The number of sulfonamides is 1. The monoisotopic (exact) mass is 501 g/mol. The average Bonchev–Trinajstić information content (AvgIpc) is 3.44. The van der Waals surface area contributed by atoms with Crippen LogP contribution in [-0.4, -0.2) is 70.0 Å². The number of methoxy groups -OCH3 is 1. The van der Waals surface area contributed by atoms with Gasteiger partial charge in [-0.3, -0.25) is 9.69 Å². The minimum absolute atomic E-state index is 0.0859. The summed E-state index contributed by atoms with van der Waals surface area (Å²) in [4.78, 5) is 15.1. The fraction of sp³-hybridized carbons (Fsp3) is 0.500. The number of ether oxygens (including phenoxy) is 2. The molecule has 0 atom stereocenters. The number of nitrogens with zero attached hydrogens (tertiary/aromatic N) is 2. The van der Waals surface area contributed by atoms with E-state index < -0.39 is 10.0 Å². The SMILES string of the molecule is COc1ccc(S(=O)(=O)N2CCCC2)cc1CCC(=O)NCc1ccc(CN2CCOCC2)cc1. The lowest BCUT2D eigenvalue weighted by Gasteiger charge is -2.26. The van der Waals surface area contributed by atoms with Crippen LogP contribution in [-0.2, 0) is 39.1 Å². The normalized spacial score (nSPS) is 17.4. The molecule has 2 aliphatic heterocycles. The minimum atomic E-state index is -3.52. The molecule has 2 fully saturated rings. The number of benzene rings is 2. The number of amides is 1. The average molecular weight is 502 g/mol. The van der Waals surface area contributed by atoms with E-state index in [1.54, 1.807) is 25.3 Å². The lowest BCUT2D eigenvalue weighted by Crippen LogP contribution is -2.35. The van der Waals surface area contributed by atoms with E-state index in [1.807, 2.05) is 12.1 Å². The molecule has 0 aromatic heterocycles. The Hall–Kier alpha value is -2.46. The van der Waals surface area contributed by atoms with E-state index in [4.69, 9.17) is 9.47 Å². The second kappa shape index (κ2) is 12.0. The van der Waals surface area contributed by atoms with Gasteiger partial charge in [-0.2, -0.15) is 4.31 Å². The van der Waals surface area contributed by atoms with Crippen LogP contribution < -0.4 is 10.1 Å². The molecule has 2 heterocycles. The van der Waals surface area contributed by atoms with Crippen LogP contribution in [0, 0.1) is 0 Å². The summed E-state index contributed by atoms with van der Waals surface area (Å²) in [6.45, 7) is 5.95. The van der Waals surface area contributed by atoms with E-state index in [9.17, 15) is 13.2 Å². The summed E-state index contributed by atoms with van der Waals surface area (Å²) in [6.07, 6.45) is 2.42. The molecule has 2 aromatic rings. The first-order valence-electron chi connectivity index (χ1n) is 12.3. The number of carbonyl (C=O) groups is 1. The molecule has 1 N–H and O–H groups in total. The van der Waals surface area contributed by atoms with Crippen LogP contribution in [0.25, 0.3) is 0 Å². The molecule has 9 heteroatoms. The third-order valence-electron chi connectivity index (χ3n) is 6.60. The third kappa shape index (κ3) is 6.82. The molecule has 0 aliphatic carbocycles. The van der Waals surface area contributed by atoms with Crippen LogP contribution in [0.1, 0.15) is 36.0 Å². The standard InChI is InChI=1S/C26H35N3O5S/c1-33-25-10-9-24(35(31,32)29-12-2-3-13-29)18-23(25)8-11-26(30)27-19-21-4-6-22(7-5-21)20-28-14-16-34-17-15-28/h4-7,9-10,18H,2-3,8,11-17,19-20H2,1H3,(H,27,30). The molecule has 8 nitrogen and oxygen atoms in total. The molecule has 2 aromatic carbocycles. The van der Waals surface area contributed by atoms with Gasteiger partial charge in [-0.1, -0.05) is 24.3 Å². The molecular weight excluding hydrogens is 466 g/mol. The van der Waals surface area contributed by atoms with Crippen LogP contribution in [0.3, 0.4) is 0 Å². The highest BCUT2D eigenvalue weighted by Crippen LogP contribution is 2.27. The number of hydrogen-bond acceptors (Lipinski definition) is 6. The van der Waals surface area contributed by atoms with Crippen molar-refractivity contribution in [1.29, 1.82) is 0 Å². The van der Waals surface area contributed by atoms with Crippen molar-refractivity contribution in [3.05, 3.63) is 59.2 Å². The van der Waals surface area contributed by atoms with Gasteiger partial charge >= 0.3 is 0 Å². The Morgan fingerprint density at radius 2 is 1.69 bits per heavy atom. The van der Waals surface area contributed by atoms with Gasteiger partial charge in [-0.25, -0.2) is 8.42 Å². The van der Waals surface area contributed by atoms with Crippen molar-refractivity contribution in [3.8, 4) is 5.75 Å². The number of aryl methyl sites for hydroxylation is 1. The summed E-state index contributed by atoms with van der Waals surface area (Å²) >= 11 is 0. The predicted octanol–water partition coefficient (Wildman–Crippen LogP) is 2.56. The largest absolute Gasteiger partial charge is 0.496 e. The molecule has 190 valence electrons. The molecule has 2 saturated heterocycles. The van der Waals surface area contributed by atoms with Crippen molar-refractivity contribution in [3.63, 3.8) is 0 Å². The number of nitrogens with one attached hydrogen (secondary N) is 1. The van der Waals surface area contributed by atoms with Gasteiger partial charge in [-0.15, -0.1) is 0 Å². The van der Waals surface area contributed by atoms with Crippen LogP contribution in [0.2, 0.25) is 0 Å². The summed E-state index contributed by atoms with van der Waals surface area (Å²) in [5.74, 6) is 0.506. The quantitative estimate of drug-likeness (QED) is 0.538. The van der Waals surface area contributed by atoms with Gasteiger partial charge in [-0.05, 0) is 54.2 Å². The zero-order chi connectivity index (χ0) is 24.7. The molecular formula is C26H35N3O5S. The number of carbonyl (C=O) groups excluding carboxylic acids is 1. The Bertz CT molecular complexity index is 1090. The molecule has 0 bridgehead atoms. The lowest BCUT2D eigenvalue weighted by molar-refractivity contribution is -0.121. The second-order valence-corrected chi connectivity index (χ2v) is 11.0. The van der Waals surface area contributed by atoms with Gasteiger partial charge < -0.3 is 14.8 Å². The van der Waals surface area contributed by atoms with Crippen molar-refractivity contribution in [1.82, 2.24) is 14.5 Å². The second-order valence-electron chi connectivity index (χ2n) is 9.07. The Labute approximate surface area is 208 Å². The highest BCUT2D eigenvalue weighted by Gasteiger charge is 2.27. The Kier molecular flexibility index (Phi) is 8.78. The van der Waals surface area contributed by atoms with E-state index in [0.717, 1.165) is 56.8 Å². The summed E-state index contributed by atoms with van der Waals surface area (Å²) in [6, 6.07) is 13.2. The van der Waals surface area contributed by atoms with Crippen LogP contribution in [0.4, 0.5) is 0 Å². The fourth-order valence-corrected chi connectivity index (χ4v) is 6.07. The van der Waals surface area contributed by atoms with Gasteiger partial charge in [0.15, 0.2) is 0 Å². The topological polar surface area (TPSA) is 88.2 Å². The summed E-state index contributed by atoms with van der Waals surface area (Å²) in [7, 11) is -1.96. The van der Waals surface area contributed by atoms with E-state index in [0.29, 0.717) is 31.8 Å². The maximum Gasteiger partial charge on any atom is 0.243 e. The summed E-state index contributed by atoms with van der Waals surface area (Å²) in [5.41, 5.74) is 3.01. The molecule has 2 aliphatic rings. The number of rotatable bonds is 10. The van der Waals surface area contributed by atoms with Gasteiger partial charge in [0.25, 0.3) is 0 Å². The van der Waals surface area contributed by atoms with Gasteiger partial charge in [0.1, 0.15) is 5.75 Å². The first kappa shape index (κ1) is 25.6.